The number of ether oxygens (including phenoxy) is 1. The number of nitrogens with zero attached hydrogens (tertiary/aromatic N) is 1. The zero-order chi connectivity index (χ0) is 17.9. The van der Waals surface area contributed by atoms with Crippen LogP contribution in [0.5, 0.6) is 5.88 Å². The van der Waals surface area contributed by atoms with E-state index in [4.69, 9.17) is 9.84 Å². The van der Waals surface area contributed by atoms with E-state index in [9.17, 15) is 4.79 Å². The quantitative estimate of drug-likeness (QED) is 0.761. The SMILES string of the molecule is O=C(O)CC1CCC(c2ccc(-c3cc(OCC4CC4)n[nH]3)cc2)CC1. The Labute approximate surface area is 153 Å². The van der Waals surface area contributed by atoms with Crippen LogP contribution in [0.2, 0.25) is 0 Å². The lowest BCUT2D eigenvalue weighted by atomic mass is 9.77. The highest BCUT2D eigenvalue weighted by molar-refractivity contribution is 5.67. The lowest BCUT2D eigenvalue weighted by molar-refractivity contribution is -0.138. The number of hydrogen-bond acceptors (Lipinski definition) is 3. The first-order valence-electron chi connectivity index (χ1n) is 9.67. The smallest absolute Gasteiger partial charge is 0.303 e. The molecule has 1 aromatic heterocycles. The van der Waals surface area contributed by atoms with Crippen molar-refractivity contribution < 1.29 is 14.6 Å². The van der Waals surface area contributed by atoms with Crippen LogP contribution in [0, 0.1) is 11.8 Å². The number of aliphatic carboxylic acids is 1. The maximum Gasteiger partial charge on any atom is 0.303 e. The zero-order valence-electron chi connectivity index (χ0n) is 15.0. The fourth-order valence-electron chi connectivity index (χ4n) is 3.89. The molecule has 0 atom stereocenters. The molecule has 1 heterocycles. The van der Waals surface area contributed by atoms with Crippen LogP contribution in [-0.2, 0) is 4.79 Å². The molecule has 5 heteroatoms. The van der Waals surface area contributed by atoms with Crippen molar-refractivity contribution in [3.8, 4) is 17.1 Å². The van der Waals surface area contributed by atoms with Gasteiger partial charge in [0.05, 0.1) is 12.3 Å². The molecule has 0 radical (unpaired) electrons. The molecule has 0 spiro atoms. The van der Waals surface area contributed by atoms with Crippen LogP contribution in [0.15, 0.2) is 30.3 Å². The first kappa shape index (κ1) is 17.1. The summed E-state index contributed by atoms with van der Waals surface area (Å²) >= 11 is 0. The summed E-state index contributed by atoms with van der Waals surface area (Å²) in [5, 5.41) is 16.2. The van der Waals surface area contributed by atoms with Crippen molar-refractivity contribution in [2.24, 2.45) is 11.8 Å². The van der Waals surface area contributed by atoms with Crippen LogP contribution in [0.25, 0.3) is 11.3 Å². The number of carboxylic acid groups (broad SMARTS) is 1. The second-order valence-electron chi connectivity index (χ2n) is 7.81. The summed E-state index contributed by atoms with van der Waals surface area (Å²) in [6.07, 6.45) is 7.06. The van der Waals surface area contributed by atoms with Gasteiger partial charge in [-0.05, 0) is 67.4 Å². The minimum absolute atomic E-state index is 0.316. The average Bonchev–Trinajstić information content (AvgIpc) is 3.36. The molecule has 26 heavy (non-hydrogen) atoms. The minimum Gasteiger partial charge on any atom is -0.481 e. The number of H-pyrrole nitrogens is 1. The second-order valence-corrected chi connectivity index (χ2v) is 7.81. The van der Waals surface area contributed by atoms with E-state index in [1.54, 1.807) is 0 Å². The zero-order valence-corrected chi connectivity index (χ0v) is 15.0. The molecule has 2 saturated carbocycles. The molecule has 2 fully saturated rings. The van der Waals surface area contributed by atoms with E-state index in [-0.39, 0.29) is 0 Å². The van der Waals surface area contributed by atoms with Crippen LogP contribution in [0.4, 0.5) is 0 Å². The van der Waals surface area contributed by atoms with E-state index < -0.39 is 5.97 Å². The summed E-state index contributed by atoms with van der Waals surface area (Å²) in [6.45, 7) is 0.772. The molecule has 0 unspecified atom stereocenters. The highest BCUT2D eigenvalue weighted by Gasteiger charge is 2.24. The largest absolute Gasteiger partial charge is 0.481 e. The number of carbonyl (C=O) groups is 1. The second kappa shape index (κ2) is 7.52. The van der Waals surface area contributed by atoms with E-state index in [0.29, 0.717) is 24.1 Å². The third-order valence-corrected chi connectivity index (χ3v) is 5.72. The fourth-order valence-corrected chi connectivity index (χ4v) is 3.89. The molecule has 138 valence electrons. The molecule has 0 bridgehead atoms. The van der Waals surface area contributed by atoms with E-state index >= 15 is 0 Å². The van der Waals surface area contributed by atoms with Gasteiger partial charge in [-0.15, -0.1) is 5.10 Å². The standard InChI is InChI=1S/C21H26N2O3/c24-21(25)11-14-3-5-16(6-4-14)17-7-9-18(10-8-17)19-12-20(23-22-19)26-13-15-1-2-15/h7-10,12,14-16H,1-6,11,13H2,(H,22,23)(H,24,25). The van der Waals surface area contributed by atoms with Crippen molar-refractivity contribution in [1.82, 2.24) is 10.2 Å². The summed E-state index contributed by atoms with van der Waals surface area (Å²) in [5.41, 5.74) is 3.45. The maximum atomic E-state index is 10.9. The molecule has 1 aromatic carbocycles. The van der Waals surface area contributed by atoms with Gasteiger partial charge in [-0.1, -0.05) is 24.3 Å². The number of aromatic nitrogens is 2. The van der Waals surface area contributed by atoms with Crippen molar-refractivity contribution in [3.63, 3.8) is 0 Å². The Hall–Kier alpha value is -2.30. The van der Waals surface area contributed by atoms with Gasteiger partial charge in [-0.3, -0.25) is 9.89 Å². The van der Waals surface area contributed by atoms with Crippen molar-refractivity contribution in [3.05, 3.63) is 35.9 Å². The van der Waals surface area contributed by atoms with Crippen molar-refractivity contribution in [2.75, 3.05) is 6.61 Å². The molecular weight excluding hydrogens is 328 g/mol. The van der Waals surface area contributed by atoms with E-state index in [0.717, 1.165) is 49.5 Å². The van der Waals surface area contributed by atoms with Gasteiger partial charge < -0.3 is 9.84 Å². The first-order chi connectivity index (χ1) is 12.7. The molecule has 5 nitrogen and oxygen atoms in total. The van der Waals surface area contributed by atoms with Gasteiger partial charge in [0.15, 0.2) is 0 Å². The first-order valence-corrected chi connectivity index (χ1v) is 9.67. The van der Waals surface area contributed by atoms with Crippen LogP contribution >= 0.6 is 0 Å². The Morgan fingerprint density at radius 1 is 1.08 bits per heavy atom. The number of hydrogen-bond donors (Lipinski definition) is 2. The Balaban J connectivity index is 1.34. The van der Waals surface area contributed by atoms with Gasteiger partial charge in [0.25, 0.3) is 0 Å². The summed E-state index contributed by atoms with van der Waals surface area (Å²) in [5.74, 6) is 1.63. The van der Waals surface area contributed by atoms with E-state index in [2.05, 4.69) is 34.5 Å². The maximum absolute atomic E-state index is 10.9. The molecule has 2 aromatic rings. The molecule has 0 amide bonds. The van der Waals surface area contributed by atoms with Crippen molar-refractivity contribution in [1.29, 1.82) is 0 Å². The predicted molar refractivity (Wildman–Crippen MR) is 99.2 cm³/mol. The Bertz CT molecular complexity index is 741. The third kappa shape index (κ3) is 4.26. The Morgan fingerprint density at radius 2 is 1.77 bits per heavy atom. The van der Waals surface area contributed by atoms with E-state index in [1.807, 2.05) is 6.07 Å². The molecular formula is C21H26N2O3. The van der Waals surface area contributed by atoms with Gasteiger partial charge in [-0.25, -0.2) is 0 Å². The van der Waals surface area contributed by atoms with Gasteiger partial charge in [0, 0.05) is 12.5 Å². The predicted octanol–water partition coefficient (Wildman–Crippen LogP) is 4.61. The normalized spacial score (nSPS) is 22.9. The average molecular weight is 354 g/mol. The van der Waals surface area contributed by atoms with E-state index in [1.165, 1.54) is 18.4 Å². The van der Waals surface area contributed by atoms with Crippen LogP contribution < -0.4 is 4.74 Å². The van der Waals surface area contributed by atoms with Gasteiger partial charge in [-0.2, -0.15) is 0 Å². The van der Waals surface area contributed by atoms with Crippen LogP contribution in [-0.4, -0.2) is 27.9 Å². The summed E-state index contributed by atoms with van der Waals surface area (Å²) in [7, 11) is 0. The lowest BCUT2D eigenvalue weighted by Crippen LogP contribution is -2.16. The van der Waals surface area contributed by atoms with Crippen molar-refractivity contribution in [2.45, 2.75) is 50.9 Å². The number of aromatic amines is 1. The highest BCUT2D eigenvalue weighted by atomic mass is 16.5. The molecule has 0 saturated heterocycles. The minimum atomic E-state index is -0.669. The van der Waals surface area contributed by atoms with Crippen molar-refractivity contribution >= 4 is 5.97 Å². The lowest BCUT2D eigenvalue weighted by Gasteiger charge is -2.28. The molecule has 2 N–H and O–H groups in total. The third-order valence-electron chi connectivity index (χ3n) is 5.72. The highest BCUT2D eigenvalue weighted by Crippen LogP contribution is 2.37. The number of rotatable bonds is 7. The summed E-state index contributed by atoms with van der Waals surface area (Å²) < 4.78 is 5.70. The number of carboxylic acids is 1. The Morgan fingerprint density at radius 3 is 2.42 bits per heavy atom. The van der Waals surface area contributed by atoms with Crippen LogP contribution in [0.3, 0.4) is 0 Å². The number of benzene rings is 1. The number of nitrogens with one attached hydrogen (secondary N) is 1. The monoisotopic (exact) mass is 354 g/mol. The summed E-state index contributed by atoms with van der Waals surface area (Å²) in [6, 6.07) is 10.6. The van der Waals surface area contributed by atoms with Gasteiger partial charge in [0.2, 0.25) is 5.88 Å². The molecule has 2 aliphatic rings. The molecule has 4 rings (SSSR count). The van der Waals surface area contributed by atoms with Gasteiger partial charge >= 0.3 is 5.97 Å². The topological polar surface area (TPSA) is 75.2 Å². The van der Waals surface area contributed by atoms with Crippen LogP contribution in [0.1, 0.15) is 56.4 Å². The summed E-state index contributed by atoms with van der Waals surface area (Å²) in [4.78, 5) is 10.9. The Kier molecular flexibility index (Phi) is 4.96. The molecule has 2 aliphatic carbocycles. The molecule has 0 aliphatic heterocycles. The fraction of sp³-hybridized carbons (Fsp3) is 0.524. The van der Waals surface area contributed by atoms with Gasteiger partial charge in [0.1, 0.15) is 0 Å².